The Bertz CT molecular complexity index is 1050. The van der Waals surface area contributed by atoms with Gasteiger partial charge in [0.25, 0.3) is 0 Å². The second kappa shape index (κ2) is 7.39. The molecule has 0 bridgehead atoms. The van der Waals surface area contributed by atoms with Crippen molar-refractivity contribution in [1.29, 1.82) is 0 Å². The number of fused-ring (bicyclic) bond motifs is 1. The lowest BCUT2D eigenvalue weighted by molar-refractivity contribution is -0.113. The standard InChI is InChI=1S/C19H15BrN4OS/c20-12-5-7-13(8-6-12)26-11-19(25)22-18-9-17(23-24-18)15-10-21-16-4-2-1-3-14(15)16/h1-10,21H,11H2,(H2,22,23,24,25). The second-order valence-electron chi connectivity index (χ2n) is 5.71. The van der Waals surface area contributed by atoms with Crippen LogP contribution in [0, 0.1) is 0 Å². The van der Waals surface area contributed by atoms with Crippen LogP contribution in [0.1, 0.15) is 0 Å². The first-order valence-corrected chi connectivity index (χ1v) is 9.77. The topological polar surface area (TPSA) is 73.6 Å². The summed E-state index contributed by atoms with van der Waals surface area (Å²) >= 11 is 4.89. The van der Waals surface area contributed by atoms with Crippen molar-refractivity contribution in [2.75, 3.05) is 11.1 Å². The van der Waals surface area contributed by atoms with Crippen LogP contribution >= 0.6 is 27.7 Å². The highest BCUT2D eigenvalue weighted by molar-refractivity contribution is 9.10. The molecule has 26 heavy (non-hydrogen) atoms. The highest BCUT2D eigenvalue weighted by Crippen LogP contribution is 2.28. The molecule has 0 aliphatic carbocycles. The summed E-state index contributed by atoms with van der Waals surface area (Å²) in [5.74, 6) is 0.762. The van der Waals surface area contributed by atoms with E-state index in [1.807, 2.05) is 54.7 Å². The van der Waals surface area contributed by atoms with Crippen LogP contribution in [0.3, 0.4) is 0 Å². The quantitative estimate of drug-likeness (QED) is 0.390. The molecule has 7 heteroatoms. The summed E-state index contributed by atoms with van der Waals surface area (Å²) in [4.78, 5) is 16.4. The van der Waals surface area contributed by atoms with Crippen molar-refractivity contribution in [1.82, 2.24) is 15.2 Å². The number of carbonyl (C=O) groups excluding carboxylic acids is 1. The van der Waals surface area contributed by atoms with Gasteiger partial charge in [0.15, 0.2) is 5.82 Å². The molecular formula is C19H15BrN4OS. The number of thioether (sulfide) groups is 1. The van der Waals surface area contributed by atoms with Gasteiger partial charge in [-0.05, 0) is 30.3 Å². The number of aromatic amines is 2. The Labute approximate surface area is 162 Å². The number of halogens is 1. The van der Waals surface area contributed by atoms with Crippen LogP contribution < -0.4 is 5.32 Å². The minimum absolute atomic E-state index is 0.0881. The van der Waals surface area contributed by atoms with Crippen molar-refractivity contribution in [2.24, 2.45) is 0 Å². The number of nitrogens with zero attached hydrogens (tertiary/aromatic N) is 1. The molecule has 2 aromatic heterocycles. The Hall–Kier alpha value is -2.51. The zero-order valence-electron chi connectivity index (χ0n) is 13.6. The summed E-state index contributed by atoms with van der Waals surface area (Å²) in [7, 11) is 0. The van der Waals surface area contributed by atoms with Crippen LogP contribution in [0.5, 0.6) is 0 Å². The molecular weight excluding hydrogens is 412 g/mol. The maximum absolute atomic E-state index is 12.2. The zero-order chi connectivity index (χ0) is 17.9. The smallest absolute Gasteiger partial charge is 0.235 e. The summed E-state index contributed by atoms with van der Waals surface area (Å²) in [5, 5.41) is 11.1. The highest BCUT2D eigenvalue weighted by Gasteiger charge is 2.11. The van der Waals surface area contributed by atoms with E-state index in [-0.39, 0.29) is 5.91 Å². The fourth-order valence-electron chi connectivity index (χ4n) is 2.68. The number of aromatic nitrogens is 3. The molecule has 0 fully saturated rings. The van der Waals surface area contributed by atoms with Gasteiger partial charge in [-0.25, -0.2) is 0 Å². The average Bonchev–Trinajstić information content (AvgIpc) is 3.28. The van der Waals surface area contributed by atoms with Crippen LogP contribution in [0.2, 0.25) is 0 Å². The van der Waals surface area contributed by atoms with Crippen LogP contribution in [-0.4, -0.2) is 26.8 Å². The van der Waals surface area contributed by atoms with E-state index >= 15 is 0 Å². The molecule has 0 spiro atoms. The van der Waals surface area contributed by atoms with E-state index in [9.17, 15) is 4.79 Å². The van der Waals surface area contributed by atoms with E-state index in [0.717, 1.165) is 31.5 Å². The molecule has 1 amide bonds. The Morgan fingerprint density at radius 2 is 1.96 bits per heavy atom. The van der Waals surface area contributed by atoms with Gasteiger partial charge in [-0.3, -0.25) is 9.89 Å². The van der Waals surface area contributed by atoms with Crippen molar-refractivity contribution in [2.45, 2.75) is 4.90 Å². The number of carbonyl (C=O) groups is 1. The minimum Gasteiger partial charge on any atom is -0.360 e. The predicted octanol–water partition coefficient (Wildman–Crippen LogP) is 5.05. The largest absolute Gasteiger partial charge is 0.360 e. The number of hydrogen-bond donors (Lipinski definition) is 3. The Balaban J connectivity index is 1.41. The second-order valence-corrected chi connectivity index (χ2v) is 7.67. The predicted molar refractivity (Wildman–Crippen MR) is 109 cm³/mol. The molecule has 0 unspecified atom stereocenters. The van der Waals surface area contributed by atoms with Crippen molar-refractivity contribution in [3.05, 3.63) is 65.3 Å². The molecule has 0 saturated carbocycles. The summed E-state index contributed by atoms with van der Waals surface area (Å²) < 4.78 is 1.02. The van der Waals surface area contributed by atoms with E-state index in [0.29, 0.717) is 11.6 Å². The van der Waals surface area contributed by atoms with Gasteiger partial charge in [-0.2, -0.15) is 5.10 Å². The zero-order valence-corrected chi connectivity index (χ0v) is 16.0. The monoisotopic (exact) mass is 426 g/mol. The van der Waals surface area contributed by atoms with Crippen LogP contribution in [-0.2, 0) is 4.79 Å². The number of para-hydroxylation sites is 1. The maximum Gasteiger partial charge on any atom is 0.235 e. The van der Waals surface area contributed by atoms with Gasteiger partial charge in [0.05, 0.1) is 11.4 Å². The number of H-pyrrole nitrogens is 2. The Morgan fingerprint density at radius 3 is 2.81 bits per heavy atom. The number of anilines is 1. The molecule has 0 atom stereocenters. The van der Waals surface area contributed by atoms with E-state index in [4.69, 9.17) is 0 Å². The third-order valence-electron chi connectivity index (χ3n) is 3.91. The summed E-state index contributed by atoms with van der Waals surface area (Å²) in [6, 6.07) is 17.8. The minimum atomic E-state index is -0.0881. The normalized spacial score (nSPS) is 11.0. The number of benzene rings is 2. The maximum atomic E-state index is 12.2. The molecule has 4 rings (SSSR count). The third-order valence-corrected chi connectivity index (χ3v) is 5.45. The Kier molecular flexibility index (Phi) is 4.81. The van der Waals surface area contributed by atoms with Gasteiger partial charge < -0.3 is 10.3 Å². The lowest BCUT2D eigenvalue weighted by Crippen LogP contribution is -2.14. The molecule has 0 saturated heterocycles. The molecule has 2 aromatic carbocycles. The number of nitrogens with one attached hydrogen (secondary N) is 3. The first-order valence-electron chi connectivity index (χ1n) is 7.99. The van der Waals surface area contributed by atoms with Gasteiger partial charge >= 0.3 is 0 Å². The SMILES string of the molecule is O=C(CSc1ccc(Br)cc1)Nc1cc(-c2c[nH]c3ccccc23)[nH]n1. The van der Waals surface area contributed by atoms with Crippen molar-refractivity contribution in [3.8, 4) is 11.3 Å². The first-order chi connectivity index (χ1) is 12.7. The fourth-order valence-corrected chi connectivity index (χ4v) is 3.64. The number of amides is 1. The van der Waals surface area contributed by atoms with Crippen LogP contribution in [0.15, 0.2) is 70.2 Å². The molecule has 4 aromatic rings. The van der Waals surface area contributed by atoms with Gasteiger partial charge in [0, 0.05) is 38.1 Å². The van der Waals surface area contributed by atoms with Gasteiger partial charge in [0.1, 0.15) is 0 Å². The summed E-state index contributed by atoms with van der Waals surface area (Å²) in [5.41, 5.74) is 2.95. The molecule has 0 aliphatic heterocycles. The molecule has 3 N–H and O–H groups in total. The summed E-state index contributed by atoms with van der Waals surface area (Å²) in [6.07, 6.45) is 1.94. The molecule has 2 heterocycles. The number of hydrogen-bond acceptors (Lipinski definition) is 3. The average molecular weight is 427 g/mol. The lowest BCUT2D eigenvalue weighted by Gasteiger charge is -2.02. The van der Waals surface area contributed by atoms with Crippen molar-refractivity contribution in [3.63, 3.8) is 0 Å². The van der Waals surface area contributed by atoms with Gasteiger partial charge in [0.2, 0.25) is 5.91 Å². The molecule has 130 valence electrons. The van der Waals surface area contributed by atoms with E-state index in [1.54, 1.807) is 0 Å². The molecule has 5 nitrogen and oxygen atoms in total. The fraction of sp³-hybridized carbons (Fsp3) is 0.0526. The summed E-state index contributed by atoms with van der Waals surface area (Å²) in [6.45, 7) is 0. The highest BCUT2D eigenvalue weighted by atomic mass is 79.9. The van der Waals surface area contributed by atoms with E-state index in [1.165, 1.54) is 11.8 Å². The van der Waals surface area contributed by atoms with E-state index < -0.39 is 0 Å². The van der Waals surface area contributed by atoms with Gasteiger partial charge in [-0.1, -0.05) is 34.1 Å². The molecule has 0 radical (unpaired) electrons. The van der Waals surface area contributed by atoms with Crippen LogP contribution in [0.4, 0.5) is 5.82 Å². The number of rotatable bonds is 5. The Morgan fingerprint density at radius 1 is 1.15 bits per heavy atom. The van der Waals surface area contributed by atoms with Gasteiger partial charge in [-0.15, -0.1) is 11.8 Å². The third kappa shape index (κ3) is 3.68. The van der Waals surface area contributed by atoms with Crippen LogP contribution in [0.25, 0.3) is 22.2 Å². The molecule has 0 aliphatic rings. The van der Waals surface area contributed by atoms with Crippen molar-refractivity contribution >= 4 is 50.3 Å². The first kappa shape index (κ1) is 16.9. The van der Waals surface area contributed by atoms with E-state index in [2.05, 4.69) is 42.5 Å². The lowest BCUT2D eigenvalue weighted by atomic mass is 10.1. The van der Waals surface area contributed by atoms with Crippen molar-refractivity contribution < 1.29 is 4.79 Å².